The number of unbranched alkanes of at least 4 members (excludes halogenated alkanes) is 4. The molecule has 0 saturated heterocycles. The zero-order valence-corrected chi connectivity index (χ0v) is 13.8. The van der Waals surface area contributed by atoms with E-state index < -0.39 is 0 Å². The molecular formula is C16H25IO. The van der Waals surface area contributed by atoms with E-state index in [1.165, 1.54) is 42.1 Å². The molecule has 0 aliphatic rings. The Morgan fingerprint density at radius 2 is 1.56 bits per heavy atom. The summed E-state index contributed by atoms with van der Waals surface area (Å²) in [6.07, 6.45) is 6.54. The SMILES string of the molecule is CC(C)c1ccc(OCCCCCCCI)cc1. The lowest BCUT2D eigenvalue weighted by Gasteiger charge is -2.08. The number of hydrogen-bond donors (Lipinski definition) is 0. The summed E-state index contributed by atoms with van der Waals surface area (Å²) >= 11 is 2.45. The minimum Gasteiger partial charge on any atom is -0.494 e. The van der Waals surface area contributed by atoms with Gasteiger partial charge in [-0.1, -0.05) is 67.8 Å². The third kappa shape index (κ3) is 6.62. The van der Waals surface area contributed by atoms with Crippen molar-refractivity contribution in [2.45, 2.75) is 51.9 Å². The summed E-state index contributed by atoms with van der Waals surface area (Å²) in [5.74, 6) is 1.60. The Kier molecular flexibility index (Phi) is 8.47. The van der Waals surface area contributed by atoms with Crippen molar-refractivity contribution in [2.24, 2.45) is 0 Å². The minimum absolute atomic E-state index is 0.594. The van der Waals surface area contributed by atoms with Crippen molar-refractivity contribution >= 4 is 22.6 Å². The third-order valence-electron chi connectivity index (χ3n) is 3.09. The van der Waals surface area contributed by atoms with Crippen LogP contribution in [0.3, 0.4) is 0 Å². The summed E-state index contributed by atoms with van der Waals surface area (Å²) < 4.78 is 7.03. The van der Waals surface area contributed by atoms with Crippen LogP contribution >= 0.6 is 22.6 Å². The van der Waals surface area contributed by atoms with Gasteiger partial charge in [0, 0.05) is 0 Å². The molecule has 0 unspecified atom stereocenters. The predicted molar refractivity (Wildman–Crippen MR) is 88.0 cm³/mol. The highest BCUT2D eigenvalue weighted by Crippen LogP contribution is 2.18. The number of rotatable bonds is 9. The Labute approximate surface area is 125 Å². The Morgan fingerprint density at radius 1 is 0.944 bits per heavy atom. The summed E-state index contributed by atoms with van der Waals surface area (Å²) in [6, 6.07) is 8.51. The Morgan fingerprint density at radius 3 is 2.17 bits per heavy atom. The van der Waals surface area contributed by atoms with Crippen LogP contribution in [0.1, 0.15) is 57.4 Å². The maximum absolute atomic E-state index is 5.75. The second-order valence-electron chi connectivity index (χ2n) is 5.03. The molecule has 1 nitrogen and oxygen atoms in total. The quantitative estimate of drug-likeness (QED) is 0.318. The van der Waals surface area contributed by atoms with Crippen LogP contribution in [0.4, 0.5) is 0 Å². The molecule has 0 amide bonds. The van der Waals surface area contributed by atoms with Crippen molar-refractivity contribution in [3.05, 3.63) is 29.8 Å². The number of halogens is 1. The highest BCUT2D eigenvalue weighted by molar-refractivity contribution is 14.1. The molecule has 1 aromatic rings. The number of alkyl halides is 1. The van der Waals surface area contributed by atoms with Crippen molar-refractivity contribution in [3.63, 3.8) is 0 Å². The van der Waals surface area contributed by atoms with E-state index in [9.17, 15) is 0 Å². The molecule has 2 heteroatoms. The van der Waals surface area contributed by atoms with E-state index in [0.29, 0.717) is 5.92 Å². The van der Waals surface area contributed by atoms with Crippen molar-refractivity contribution in [1.82, 2.24) is 0 Å². The van der Waals surface area contributed by atoms with Crippen LogP contribution in [-0.4, -0.2) is 11.0 Å². The van der Waals surface area contributed by atoms with Crippen molar-refractivity contribution in [1.29, 1.82) is 0 Å². The van der Waals surface area contributed by atoms with Crippen LogP contribution in [-0.2, 0) is 0 Å². The second kappa shape index (κ2) is 9.65. The van der Waals surface area contributed by atoms with Crippen LogP contribution in [0.5, 0.6) is 5.75 Å². The van der Waals surface area contributed by atoms with E-state index in [4.69, 9.17) is 4.74 Å². The van der Waals surface area contributed by atoms with Gasteiger partial charge in [0.15, 0.2) is 0 Å². The Bertz CT molecular complexity index is 305. The maximum Gasteiger partial charge on any atom is 0.119 e. The normalized spacial score (nSPS) is 10.9. The highest BCUT2D eigenvalue weighted by atomic mass is 127. The summed E-state index contributed by atoms with van der Waals surface area (Å²) in [5, 5.41) is 0. The van der Waals surface area contributed by atoms with Gasteiger partial charge in [0.2, 0.25) is 0 Å². The Hall–Kier alpha value is -0.250. The van der Waals surface area contributed by atoms with Gasteiger partial charge in [-0.3, -0.25) is 0 Å². The highest BCUT2D eigenvalue weighted by Gasteiger charge is 1.99. The van der Waals surface area contributed by atoms with Gasteiger partial charge < -0.3 is 4.74 Å². The molecule has 0 aromatic heterocycles. The van der Waals surface area contributed by atoms with E-state index in [1.807, 2.05) is 0 Å². The van der Waals surface area contributed by atoms with Crippen molar-refractivity contribution < 1.29 is 4.74 Å². The zero-order valence-electron chi connectivity index (χ0n) is 11.6. The van der Waals surface area contributed by atoms with E-state index in [-0.39, 0.29) is 0 Å². The van der Waals surface area contributed by atoms with Crippen LogP contribution in [0.15, 0.2) is 24.3 Å². The maximum atomic E-state index is 5.75. The molecule has 0 N–H and O–H groups in total. The molecule has 18 heavy (non-hydrogen) atoms. The molecule has 0 radical (unpaired) electrons. The smallest absolute Gasteiger partial charge is 0.119 e. The third-order valence-corrected chi connectivity index (χ3v) is 3.86. The zero-order chi connectivity index (χ0) is 13.2. The molecule has 1 aromatic carbocycles. The fourth-order valence-corrected chi connectivity index (χ4v) is 2.41. The molecule has 102 valence electrons. The average molecular weight is 360 g/mol. The summed E-state index contributed by atoms with van der Waals surface area (Å²) in [6.45, 7) is 5.28. The number of ether oxygens (including phenoxy) is 1. The Balaban J connectivity index is 2.12. The fourth-order valence-electron chi connectivity index (χ4n) is 1.87. The van der Waals surface area contributed by atoms with Gasteiger partial charge in [-0.15, -0.1) is 0 Å². The largest absolute Gasteiger partial charge is 0.494 e. The van der Waals surface area contributed by atoms with Gasteiger partial charge in [0.25, 0.3) is 0 Å². The van der Waals surface area contributed by atoms with Crippen molar-refractivity contribution in [2.75, 3.05) is 11.0 Å². The molecule has 0 bridgehead atoms. The lowest BCUT2D eigenvalue weighted by Crippen LogP contribution is -1.97. The molecule has 0 atom stereocenters. The monoisotopic (exact) mass is 360 g/mol. The summed E-state index contributed by atoms with van der Waals surface area (Å²) in [7, 11) is 0. The number of benzene rings is 1. The van der Waals surface area contributed by atoms with Crippen LogP contribution in [0, 0.1) is 0 Å². The first-order valence-corrected chi connectivity index (χ1v) is 8.55. The standard InChI is InChI=1S/C16H25IO/c1-14(2)15-8-10-16(11-9-15)18-13-7-5-3-4-6-12-17/h8-11,14H,3-7,12-13H2,1-2H3. The van der Waals surface area contributed by atoms with Gasteiger partial charge in [-0.05, 0) is 40.9 Å². The van der Waals surface area contributed by atoms with E-state index >= 15 is 0 Å². The first-order valence-electron chi connectivity index (χ1n) is 7.02. The summed E-state index contributed by atoms with van der Waals surface area (Å²) in [5.41, 5.74) is 1.38. The van der Waals surface area contributed by atoms with Crippen LogP contribution in [0.2, 0.25) is 0 Å². The first kappa shape index (κ1) is 15.8. The fraction of sp³-hybridized carbons (Fsp3) is 0.625. The minimum atomic E-state index is 0.594. The molecular weight excluding hydrogens is 335 g/mol. The second-order valence-corrected chi connectivity index (χ2v) is 6.11. The lowest BCUT2D eigenvalue weighted by molar-refractivity contribution is 0.304. The molecule has 0 aliphatic carbocycles. The van der Waals surface area contributed by atoms with Crippen molar-refractivity contribution in [3.8, 4) is 5.75 Å². The molecule has 0 spiro atoms. The van der Waals surface area contributed by atoms with Gasteiger partial charge in [-0.2, -0.15) is 0 Å². The number of hydrogen-bond acceptors (Lipinski definition) is 1. The first-order chi connectivity index (χ1) is 8.74. The average Bonchev–Trinajstić information content (AvgIpc) is 2.38. The van der Waals surface area contributed by atoms with Gasteiger partial charge in [0.1, 0.15) is 5.75 Å². The van der Waals surface area contributed by atoms with Gasteiger partial charge >= 0.3 is 0 Å². The van der Waals surface area contributed by atoms with Gasteiger partial charge in [-0.25, -0.2) is 0 Å². The molecule has 0 saturated carbocycles. The lowest BCUT2D eigenvalue weighted by atomic mass is 10.0. The topological polar surface area (TPSA) is 9.23 Å². The summed E-state index contributed by atoms with van der Waals surface area (Å²) in [4.78, 5) is 0. The molecule has 0 aliphatic heterocycles. The van der Waals surface area contributed by atoms with Gasteiger partial charge in [0.05, 0.1) is 6.61 Å². The molecule has 0 heterocycles. The van der Waals surface area contributed by atoms with E-state index in [2.05, 4.69) is 60.7 Å². The van der Waals surface area contributed by atoms with Crippen LogP contribution in [0.25, 0.3) is 0 Å². The predicted octanol–water partition coefficient (Wildman–Crippen LogP) is 5.57. The molecule has 0 fully saturated rings. The van der Waals surface area contributed by atoms with E-state index in [0.717, 1.165) is 12.4 Å². The van der Waals surface area contributed by atoms with E-state index in [1.54, 1.807) is 0 Å². The van der Waals surface area contributed by atoms with Crippen LogP contribution < -0.4 is 4.74 Å². The molecule has 1 rings (SSSR count).